The number of rotatable bonds is 5. The van der Waals surface area contributed by atoms with E-state index < -0.39 is 0 Å². The van der Waals surface area contributed by atoms with E-state index in [9.17, 15) is 9.59 Å². The highest BCUT2D eigenvalue weighted by molar-refractivity contribution is 7.99. The van der Waals surface area contributed by atoms with Gasteiger partial charge in [0, 0.05) is 80.3 Å². The molecule has 2 N–H and O–H groups in total. The van der Waals surface area contributed by atoms with Gasteiger partial charge in [-0.15, -0.1) is 0 Å². The summed E-state index contributed by atoms with van der Waals surface area (Å²) in [6, 6.07) is 29.1. The van der Waals surface area contributed by atoms with E-state index >= 15 is 0 Å². The normalized spacial score (nSPS) is 11.4. The average Bonchev–Trinajstić information content (AvgIpc) is 2.95. The van der Waals surface area contributed by atoms with Crippen LogP contribution in [0.25, 0.3) is 0 Å². The van der Waals surface area contributed by atoms with E-state index in [1.54, 1.807) is 23.9 Å². The second-order valence-corrected chi connectivity index (χ2v) is 11.1. The quantitative estimate of drug-likeness (QED) is 0.321. The minimum absolute atomic E-state index is 0.0152. The predicted molar refractivity (Wildman–Crippen MR) is 168 cm³/mol. The molecule has 0 atom stereocenters. The Bertz CT molecular complexity index is 1440. The van der Waals surface area contributed by atoms with Gasteiger partial charge >= 0.3 is 0 Å². The number of fused-ring (bicyclic) bond motifs is 2. The van der Waals surface area contributed by atoms with Gasteiger partial charge in [-0.25, -0.2) is 0 Å². The van der Waals surface area contributed by atoms with Crippen LogP contribution in [0.1, 0.15) is 20.7 Å². The minimum atomic E-state index is -0.389. The molecule has 0 aliphatic carbocycles. The fourth-order valence-electron chi connectivity index (χ4n) is 4.20. The number of anilines is 5. The molecule has 0 spiro atoms. The van der Waals surface area contributed by atoms with Gasteiger partial charge in [-0.2, -0.15) is 0 Å². The van der Waals surface area contributed by atoms with Crippen LogP contribution in [0.2, 0.25) is 0 Å². The zero-order chi connectivity index (χ0) is 29.0. The minimum Gasteiger partial charge on any atom is -0.378 e. The van der Waals surface area contributed by atoms with Gasteiger partial charge in [-0.1, -0.05) is 30.0 Å². The number of nitrogens with zero attached hydrogens (tertiary/aromatic N) is 4. The van der Waals surface area contributed by atoms with Crippen molar-refractivity contribution in [2.45, 2.75) is 9.79 Å². The molecule has 0 aromatic heterocycles. The lowest BCUT2D eigenvalue weighted by Crippen LogP contribution is -2.28. The molecule has 40 heavy (non-hydrogen) atoms. The van der Waals surface area contributed by atoms with E-state index in [0.717, 1.165) is 38.2 Å². The summed E-state index contributed by atoms with van der Waals surface area (Å²) < 4.78 is 0. The van der Waals surface area contributed by atoms with Gasteiger partial charge in [0.2, 0.25) is 5.91 Å². The van der Waals surface area contributed by atoms with E-state index in [-0.39, 0.29) is 11.8 Å². The van der Waals surface area contributed by atoms with E-state index in [2.05, 4.69) is 34.1 Å². The van der Waals surface area contributed by atoms with Crippen LogP contribution in [0.4, 0.5) is 28.4 Å². The van der Waals surface area contributed by atoms with Crippen LogP contribution in [0, 0.1) is 0 Å². The number of hydrogen-bond donors (Lipinski definition) is 1. The molecule has 0 radical (unpaired) electrons. The first kappa shape index (κ1) is 28.6. The number of hydrogen-bond acceptors (Lipinski definition) is 6. The standard InChI is InChI=1S/C23H23N3OS.C9H12N2O/c1-24(2)17-10-12-19-21(14-17)28-22-15-18(25(3)4)11-13-20(22)26(19)23(27)16-8-6-5-7-9-16;1-11(2)8-5-3-7(4-6-8)9(10)12/h5-15H,1-4H3;3-6H,1-2H3,(H2,10,12). The third-order valence-corrected chi connectivity index (χ3v) is 7.61. The van der Waals surface area contributed by atoms with Gasteiger partial charge in [0.05, 0.1) is 11.4 Å². The van der Waals surface area contributed by atoms with E-state index in [1.165, 1.54) is 0 Å². The van der Waals surface area contributed by atoms with Gasteiger partial charge < -0.3 is 20.4 Å². The Morgan fingerprint density at radius 3 is 1.48 bits per heavy atom. The number of nitrogens with two attached hydrogens (primary N) is 1. The summed E-state index contributed by atoms with van der Waals surface area (Å²) >= 11 is 1.71. The second-order valence-electron chi connectivity index (χ2n) is 10.0. The molecular formula is C32H35N5O2S. The van der Waals surface area contributed by atoms with Crippen LogP contribution in [-0.2, 0) is 0 Å². The van der Waals surface area contributed by atoms with Crippen LogP contribution in [0.5, 0.6) is 0 Å². The lowest BCUT2D eigenvalue weighted by molar-refractivity contribution is 0.0991. The van der Waals surface area contributed by atoms with Crippen molar-refractivity contribution in [3.8, 4) is 0 Å². The first-order chi connectivity index (χ1) is 19.1. The molecular weight excluding hydrogens is 518 g/mol. The Balaban J connectivity index is 0.000000259. The first-order valence-electron chi connectivity index (χ1n) is 12.8. The Kier molecular flexibility index (Phi) is 8.70. The van der Waals surface area contributed by atoms with Crippen LogP contribution in [0.3, 0.4) is 0 Å². The zero-order valence-corrected chi connectivity index (χ0v) is 24.6. The van der Waals surface area contributed by atoms with Crippen LogP contribution in [-0.4, -0.2) is 54.1 Å². The van der Waals surface area contributed by atoms with Gasteiger partial charge in [-0.3, -0.25) is 14.5 Å². The molecule has 8 heteroatoms. The van der Waals surface area contributed by atoms with E-state index in [4.69, 9.17) is 5.73 Å². The molecule has 2 amide bonds. The van der Waals surface area contributed by atoms with E-state index in [0.29, 0.717) is 11.1 Å². The third-order valence-electron chi connectivity index (χ3n) is 6.51. The van der Waals surface area contributed by atoms with Crippen molar-refractivity contribution in [3.05, 3.63) is 102 Å². The van der Waals surface area contributed by atoms with Crippen molar-refractivity contribution < 1.29 is 9.59 Å². The molecule has 4 aromatic carbocycles. The lowest BCUT2D eigenvalue weighted by Gasteiger charge is -2.32. The SMILES string of the molecule is CN(C)c1ccc(C(N)=O)cc1.CN(C)c1ccc2c(c1)Sc1cc(N(C)C)ccc1N2C(=O)c1ccccc1. The van der Waals surface area contributed by atoms with Crippen molar-refractivity contribution in [2.75, 3.05) is 61.9 Å². The van der Waals surface area contributed by atoms with Crippen molar-refractivity contribution in [2.24, 2.45) is 5.73 Å². The summed E-state index contributed by atoms with van der Waals surface area (Å²) in [5, 5.41) is 0. The summed E-state index contributed by atoms with van der Waals surface area (Å²) in [6.07, 6.45) is 0. The molecule has 1 heterocycles. The highest BCUT2D eigenvalue weighted by atomic mass is 32.2. The molecule has 0 fully saturated rings. The summed E-state index contributed by atoms with van der Waals surface area (Å²) in [5.41, 5.74) is 11.4. The smallest absolute Gasteiger partial charge is 0.262 e. The molecule has 0 unspecified atom stereocenters. The molecule has 1 aliphatic heterocycles. The Labute approximate surface area is 240 Å². The Hall–Kier alpha value is -4.43. The lowest BCUT2D eigenvalue weighted by atomic mass is 10.1. The molecule has 5 rings (SSSR count). The maximum atomic E-state index is 13.5. The van der Waals surface area contributed by atoms with Gasteiger partial charge in [0.25, 0.3) is 5.91 Å². The van der Waals surface area contributed by atoms with Gasteiger partial charge in [-0.05, 0) is 72.8 Å². The van der Waals surface area contributed by atoms with Crippen LogP contribution < -0.4 is 25.3 Å². The third kappa shape index (κ3) is 6.24. The molecule has 7 nitrogen and oxygen atoms in total. The number of benzene rings is 4. The van der Waals surface area contributed by atoms with Crippen molar-refractivity contribution in [1.29, 1.82) is 0 Å². The maximum Gasteiger partial charge on any atom is 0.262 e. The Morgan fingerprint density at radius 2 is 1.05 bits per heavy atom. The Morgan fingerprint density at radius 1 is 0.600 bits per heavy atom. The van der Waals surface area contributed by atoms with Crippen LogP contribution in [0.15, 0.2) is 101 Å². The van der Waals surface area contributed by atoms with Crippen molar-refractivity contribution in [1.82, 2.24) is 0 Å². The monoisotopic (exact) mass is 553 g/mol. The van der Waals surface area contributed by atoms with Gasteiger partial charge in [0.15, 0.2) is 0 Å². The largest absolute Gasteiger partial charge is 0.378 e. The second kappa shape index (κ2) is 12.2. The summed E-state index contributed by atoms with van der Waals surface area (Å²) in [4.78, 5) is 34.3. The first-order valence-corrected chi connectivity index (χ1v) is 13.7. The molecule has 4 aromatic rings. The maximum absolute atomic E-state index is 13.5. The molecule has 206 valence electrons. The zero-order valence-electron chi connectivity index (χ0n) is 23.8. The van der Waals surface area contributed by atoms with Crippen molar-refractivity contribution >= 4 is 52.0 Å². The van der Waals surface area contributed by atoms with E-state index in [1.807, 2.05) is 107 Å². The summed E-state index contributed by atoms with van der Waals surface area (Å²) in [6.45, 7) is 0. The summed E-state index contributed by atoms with van der Waals surface area (Å²) in [5.74, 6) is -0.404. The highest BCUT2D eigenvalue weighted by Gasteiger charge is 2.29. The molecule has 0 saturated heterocycles. The van der Waals surface area contributed by atoms with Crippen molar-refractivity contribution in [3.63, 3.8) is 0 Å². The predicted octanol–water partition coefficient (Wildman–Crippen LogP) is 6.11. The number of primary amides is 1. The average molecular weight is 554 g/mol. The fourth-order valence-corrected chi connectivity index (χ4v) is 5.32. The molecule has 0 bridgehead atoms. The number of amides is 2. The fraction of sp³-hybridized carbons (Fsp3) is 0.188. The van der Waals surface area contributed by atoms with Crippen LogP contribution >= 0.6 is 11.8 Å². The number of carbonyl (C=O) groups excluding carboxylic acids is 2. The molecule has 1 aliphatic rings. The highest BCUT2D eigenvalue weighted by Crippen LogP contribution is 2.50. The number of carbonyl (C=O) groups is 2. The topological polar surface area (TPSA) is 73.1 Å². The molecule has 0 saturated carbocycles. The van der Waals surface area contributed by atoms with Gasteiger partial charge in [0.1, 0.15) is 0 Å². The summed E-state index contributed by atoms with van der Waals surface area (Å²) in [7, 11) is 12.0.